The van der Waals surface area contributed by atoms with Gasteiger partial charge in [0.15, 0.2) is 22.6 Å². The summed E-state index contributed by atoms with van der Waals surface area (Å²) in [7, 11) is 5.54. The molecule has 3 aliphatic rings. The number of anilines is 4. The van der Waals surface area contributed by atoms with Gasteiger partial charge in [0.05, 0.1) is 69.5 Å². The lowest BCUT2D eigenvalue weighted by Gasteiger charge is -2.44. The first kappa shape index (κ1) is 108. The highest BCUT2D eigenvalue weighted by atomic mass is 36.0. The minimum Gasteiger partial charge on any atom is -0.454 e. The number of nitrogens with zero attached hydrogens (tertiary/aromatic N) is 21. The Labute approximate surface area is 800 Å². The molecule has 6 aromatic carbocycles. The number of hydrogen-bond donors (Lipinski definition) is 7. The van der Waals surface area contributed by atoms with E-state index in [4.69, 9.17) is 91.6 Å². The van der Waals surface area contributed by atoms with Crippen LogP contribution in [0.2, 0.25) is 5.28 Å². The van der Waals surface area contributed by atoms with Crippen molar-refractivity contribution in [3.63, 3.8) is 0 Å². The number of carbonyl (C=O) groups excluding carboxylic acids is 5. The molecule has 14 aromatic rings. The summed E-state index contributed by atoms with van der Waals surface area (Å²) in [4.78, 5) is 106. The lowest BCUT2D eigenvalue weighted by molar-refractivity contribution is -0.109. The van der Waals surface area contributed by atoms with Gasteiger partial charge in [-0.3, -0.25) is 20.1 Å². The van der Waals surface area contributed by atoms with Gasteiger partial charge in [0, 0.05) is 98.2 Å². The zero-order valence-electron chi connectivity index (χ0n) is 76.0. The number of alkyl halides is 2. The Balaban J connectivity index is 0.000000209. The minimum absolute atomic E-state index is 0.0777. The summed E-state index contributed by atoms with van der Waals surface area (Å²) in [6, 6.07) is 39.7. The van der Waals surface area contributed by atoms with Crippen molar-refractivity contribution in [1.82, 2.24) is 104 Å². The van der Waals surface area contributed by atoms with Crippen molar-refractivity contribution in [1.29, 1.82) is 10.5 Å². The molecule has 3 saturated heterocycles. The summed E-state index contributed by atoms with van der Waals surface area (Å²) in [6.45, 7) is 32.3. The average molecular weight is 1990 g/mol. The first-order valence-electron chi connectivity index (χ1n) is 40.7. The number of aromatic amines is 1. The van der Waals surface area contributed by atoms with E-state index < -0.39 is 27.9 Å². The van der Waals surface area contributed by atoms with Gasteiger partial charge in [-0.2, -0.15) is 49.0 Å². The highest BCUT2D eigenvalue weighted by Gasteiger charge is 2.37. The van der Waals surface area contributed by atoms with Crippen LogP contribution in [-0.2, 0) is 28.3 Å². The van der Waals surface area contributed by atoms with Crippen LogP contribution in [-0.4, -0.2) is 227 Å². The summed E-state index contributed by atoms with van der Waals surface area (Å²) in [5.74, 6) is 6.03. The first-order valence-corrected chi connectivity index (χ1v) is 47.0. The SMILES string of the molecule is CCOC(=O)Cl.CCOC(=O)Nc1ccc(C)cc1C#N.CN(C(=O)OC(C)(C)C)C1CNC1.CNC1CN(c2nc3ccc(C)cc3c3ncnn23)C1.Cc1ccc(N)c(C#N)c1.Cc1ccc2[nH]c(=O)n3ncnc3c2c1.Cc1ccc2nc(Cl)n3ncnc3c2c1.Cc1ccc2nc(N3CC(N(C)C(=O)OC(C)(C)C)C3)n3ncnc3c2c1.ClCCl.NNC=O.O=P(Cl)(Cl)Cl. The molecule has 3 aliphatic heterocycles. The number of aromatic nitrogens is 16. The van der Waals surface area contributed by atoms with Crippen molar-refractivity contribution in [3.8, 4) is 12.1 Å². The second-order valence-electron chi connectivity index (χ2n) is 31.3. The monoisotopic (exact) mass is 1980 g/mol. The zero-order valence-corrected chi connectivity index (χ0v) is 82.2. The van der Waals surface area contributed by atoms with Crippen molar-refractivity contribution < 1.29 is 47.5 Å². The number of H-pyrrole nitrogens is 1. The van der Waals surface area contributed by atoms with Gasteiger partial charge in [-0.1, -0.05) is 58.7 Å². The summed E-state index contributed by atoms with van der Waals surface area (Å²) in [5.41, 5.74) is 20.5. The second kappa shape index (κ2) is 50.5. The van der Waals surface area contributed by atoms with Gasteiger partial charge >= 0.3 is 34.6 Å². The molecule has 708 valence electrons. The first-order chi connectivity index (χ1) is 62.9. The summed E-state index contributed by atoms with van der Waals surface area (Å²) < 4.78 is 35.5. The van der Waals surface area contributed by atoms with Crippen LogP contribution < -0.4 is 48.4 Å². The summed E-state index contributed by atoms with van der Waals surface area (Å²) in [5, 5.41) is 44.0. The number of fused-ring (bicyclic) bond motifs is 12. The molecule has 0 atom stereocenters. The molecule has 0 spiro atoms. The van der Waals surface area contributed by atoms with Crippen LogP contribution in [0.3, 0.4) is 0 Å². The van der Waals surface area contributed by atoms with Gasteiger partial charge in [-0.25, -0.2) is 64.7 Å². The number of nitriles is 2. The second-order valence-corrected chi connectivity index (χ2v) is 39.4. The lowest BCUT2D eigenvalue weighted by Crippen LogP contribution is -2.61. The number of amides is 4. The molecule has 11 heterocycles. The van der Waals surface area contributed by atoms with Crippen LogP contribution in [0.1, 0.15) is 99.9 Å². The molecule has 0 bridgehead atoms. The van der Waals surface area contributed by atoms with Crippen molar-refractivity contribution in [2.75, 3.05) is 99.8 Å². The van der Waals surface area contributed by atoms with E-state index in [2.05, 4.69) is 152 Å². The molecule has 9 N–H and O–H groups in total. The molecule has 0 radical (unpaired) electrons. The Morgan fingerprint density at radius 1 is 0.579 bits per heavy atom. The molecule has 17 rings (SSSR count). The third kappa shape index (κ3) is 32.2. The Kier molecular flexibility index (Phi) is 40.9. The number of hydrogen-bond acceptors (Lipinski definition) is 30. The van der Waals surface area contributed by atoms with E-state index in [9.17, 15) is 28.5 Å². The predicted molar refractivity (Wildman–Crippen MR) is 520 cm³/mol. The molecule has 3 fully saturated rings. The maximum Gasteiger partial charge on any atom is 0.411 e. The van der Waals surface area contributed by atoms with Gasteiger partial charge in [0.1, 0.15) is 48.6 Å². The minimum atomic E-state index is -3.22. The molecule has 0 saturated carbocycles. The van der Waals surface area contributed by atoms with Crippen LogP contribution in [0.15, 0.2) is 139 Å². The highest BCUT2D eigenvalue weighted by Crippen LogP contribution is 2.61. The number of likely N-dealkylation sites (N-methyl/N-ethyl adjacent to an activating group) is 3. The number of nitrogens with two attached hydrogens (primary N) is 2. The van der Waals surface area contributed by atoms with Crippen molar-refractivity contribution in [3.05, 3.63) is 195 Å². The van der Waals surface area contributed by atoms with Crippen molar-refractivity contribution >= 4 is 205 Å². The van der Waals surface area contributed by atoms with E-state index >= 15 is 0 Å². The van der Waals surface area contributed by atoms with Crippen LogP contribution in [0.5, 0.6) is 0 Å². The van der Waals surface area contributed by atoms with Gasteiger partial charge in [-0.05, 0) is 233 Å². The number of carbonyl (C=O) groups is 5. The quantitative estimate of drug-likeness (QED) is 0.00674. The van der Waals surface area contributed by atoms with Crippen molar-refractivity contribution in [2.24, 2.45) is 5.84 Å². The fourth-order valence-corrected chi connectivity index (χ4v) is 12.6. The topological polar surface area (TPSA) is 492 Å². The zero-order chi connectivity index (χ0) is 98.4. The number of aryl methyl sites for hydroxylation is 6. The average Bonchev–Trinajstić information content (AvgIpc) is 1.71. The Bertz CT molecular complexity index is 6530. The number of ether oxygens (including phenoxy) is 4. The Hall–Kier alpha value is -12.4. The molecule has 0 unspecified atom stereocenters. The maximum absolute atomic E-state index is 12.3. The number of benzene rings is 6. The molecule has 39 nitrogen and oxygen atoms in total. The number of hydrazine groups is 1. The van der Waals surface area contributed by atoms with Crippen molar-refractivity contribution in [2.45, 2.75) is 126 Å². The smallest absolute Gasteiger partial charge is 0.411 e. The Morgan fingerprint density at radius 2 is 0.955 bits per heavy atom. The van der Waals surface area contributed by atoms with Crippen LogP contribution in [0.4, 0.5) is 42.4 Å². The summed E-state index contributed by atoms with van der Waals surface area (Å²) >= 11 is 34.1. The van der Waals surface area contributed by atoms with Crippen LogP contribution in [0, 0.1) is 64.2 Å². The van der Waals surface area contributed by atoms with Crippen LogP contribution in [0.25, 0.3) is 66.2 Å². The van der Waals surface area contributed by atoms with E-state index in [-0.39, 0.29) is 29.3 Å². The molecule has 4 amide bonds. The third-order valence-electron chi connectivity index (χ3n) is 18.8. The number of nitrogen functional groups attached to an aromatic ring is 1. The van der Waals surface area contributed by atoms with E-state index in [0.29, 0.717) is 78.2 Å². The van der Waals surface area contributed by atoms with Gasteiger partial charge in [-0.15, -0.1) is 23.2 Å². The lowest BCUT2D eigenvalue weighted by atomic mass is 10.1. The molecule has 47 heteroatoms. The maximum atomic E-state index is 12.3. The molecule has 0 aliphatic carbocycles. The summed E-state index contributed by atoms with van der Waals surface area (Å²) in [6.07, 6.45) is 5.32. The van der Waals surface area contributed by atoms with E-state index in [1.807, 2.05) is 161 Å². The standard InChI is InChI=1S/C19H24N6O2.C14H16N6.C11H12N2O2.C10H7ClN4.C10H8N4O.C9H18N2O2.C8H8N2.C3H5ClO2.CH2Cl2.CH4N2O.Cl3OP/c1-12-6-7-15-14(8-12)16-20-11-21-25(16)17(22-15)24-9-13(10-24)23(5)18(26)27-19(2,3)4;1-9-3-4-12-11(5-9)13-16-8-17-20(13)14(18-12)19-6-10(7-19)15-2;1-3-15-11(14)13-10-5-4-8(2)6-9(10)7-12;1-6-2-3-8-7(4-6)9-12-5-13-15(9)10(11)14-8;1-6-2-3-8-7(4-6)9-11-5-12-14(9)10(15)13-8;1-9(2,3)13-8(12)11(4)7-5-10-6-7;1-6-2-3-8(10)7(4-6)5-9;1-2-6-3(4)5;2-1-3;2-3-1-4;1-5(2,3)4/h6-8,11,13H,9-10H2,1-5H3;3-5,8,10,15H,6-7H2,1-2H3;4-6H,3H2,1-2H3,(H,13,14);2-5H,1H3;2-5H,1H3,(H,13,15);7,10H,5-6H2,1-4H3;2-4H,10H2,1H3;2H2,1H3;1H2;1H,2H2,(H,3,4);. The normalized spacial score (nSPS) is 12.6. The molecular weight excluding hydrogens is 1880 g/mol. The van der Waals surface area contributed by atoms with Gasteiger partial charge < -0.3 is 59.9 Å². The number of nitrogens with one attached hydrogen (secondary N) is 5. The number of halogens is 7. The van der Waals surface area contributed by atoms with Crippen LogP contribution >= 0.6 is 85.3 Å². The molecule has 8 aromatic heterocycles. The third-order valence-corrected chi connectivity index (χ3v) is 19.2. The molecule has 133 heavy (non-hydrogen) atoms. The fourth-order valence-electron chi connectivity index (χ4n) is 12.3. The van der Waals surface area contributed by atoms with Gasteiger partial charge in [0.25, 0.3) is 0 Å². The fraction of sp³-hybridized carbons (Fsp3) is 0.360. The predicted octanol–water partition coefficient (Wildman–Crippen LogP) is 15.7. The van der Waals surface area contributed by atoms with Gasteiger partial charge in [0.2, 0.25) is 23.6 Å². The van der Waals surface area contributed by atoms with E-state index in [1.165, 1.54) is 27.2 Å². The van der Waals surface area contributed by atoms with E-state index in [0.717, 1.165) is 126 Å². The van der Waals surface area contributed by atoms with E-state index in [1.54, 1.807) is 84.6 Å². The Morgan fingerprint density at radius 3 is 1.35 bits per heavy atom. The highest BCUT2D eigenvalue weighted by molar-refractivity contribution is 8.24. The molecular formula is C86H104Cl7N28O11P. The largest absolute Gasteiger partial charge is 0.454 e. The number of rotatable bonds is 9.